The molecule has 0 radical (unpaired) electrons. The van der Waals surface area contributed by atoms with Crippen LogP contribution in [0, 0.1) is 5.92 Å². The average molecular weight is 451 g/mol. The van der Waals surface area contributed by atoms with Crippen molar-refractivity contribution < 1.29 is 14.4 Å². The van der Waals surface area contributed by atoms with Gasteiger partial charge in [0.25, 0.3) is 0 Å². The molecule has 0 unspecified atom stereocenters. The Morgan fingerprint density at radius 2 is 1.44 bits per heavy atom. The highest BCUT2D eigenvalue weighted by atomic mass is 16.7. The van der Waals surface area contributed by atoms with E-state index in [0.717, 1.165) is 44.9 Å². The third kappa shape index (κ3) is 10.7. The number of nitrogens with one attached hydrogen (secondary N) is 1. The van der Waals surface area contributed by atoms with Gasteiger partial charge in [0.15, 0.2) is 0 Å². The van der Waals surface area contributed by atoms with Gasteiger partial charge in [0.05, 0.1) is 6.42 Å². The van der Waals surface area contributed by atoms with Gasteiger partial charge in [0, 0.05) is 24.5 Å². The van der Waals surface area contributed by atoms with Crippen molar-refractivity contribution in [1.82, 2.24) is 10.4 Å². The van der Waals surface area contributed by atoms with Crippen LogP contribution in [0.25, 0.3) is 0 Å². The van der Waals surface area contributed by atoms with Crippen LogP contribution in [0.4, 0.5) is 0 Å². The van der Waals surface area contributed by atoms with Crippen LogP contribution >= 0.6 is 0 Å². The Labute approximate surface area is 197 Å². The number of amides is 1. The minimum absolute atomic E-state index is 0.0800. The fourth-order valence-corrected chi connectivity index (χ4v) is 5.43. The largest absolute Gasteiger partial charge is 0.367 e. The van der Waals surface area contributed by atoms with Gasteiger partial charge in [0.2, 0.25) is 5.91 Å². The van der Waals surface area contributed by atoms with Crippen molar-refractivity contribution >= 4 is 11.9 Å². The van der Waals surface area contributed by atoms with Crippen LogP contribution < -0.4 is 5.32 Å². The molecule has 2 saturated carbocycles. The molecular formula is C27H50N2O3. The van der Waals surface area contributed by atoms with E-state index < -0.39 is 0 Å². The second kappa shape index (κ2) is 15.7. The van der Waals surface area contributed by atoms with Crippen molar-refractivity contribution in [3.8, 4) is 0 Å². The SMILES string of the molecule is CCCCCCCC(=O)N[C@@H](CC(=O)ON(C1CCCCC1)C1CCCCC1)CC(C)C. The quantitative estimate of drug-likeness (QED) is 0.236. The number of hydroxylamine groups is 2. The fourth-order valence-electron chi connectivity index (χ4n) is 5.43. The predicted molar refractivity (Wildman–Crippen MR) is 131 cm³/mol. The van der Waals surface area contributed by atoms with E-state index in [0.29, 0.717) is 24.4 Å². The van der Waals surface area contributed by atoms with Gasteiger partial charge in [-0.2, -0.15) is 0 Å². The molecule has 32 heavy (non-hydrogen) atoms. The molecule has 5 nitrogen and oxygen atoms in total. The van der Waals surface area contributed by atoms with Crippen LogP contribution in [-0.4, -0.2) is 35.1 Å². The Kier molecular flexibility index (Phi) is 13.3. The Hall–Kier alpha value is -1.10. The monoisotopic (exact) mass is 450 g/mol. The smallest absolute Gasteiger partial charge is 0.327 e. The molecule has 0 aromatic carbocycles. The zero-order valence-electron chi connectivity index (χ0n) is 21.2. The minimum Gasteiger partial charge on any atom is -0.367 e. The van der Waals surface area contributed by atoms with Crippen molar-refractivity contribution in [3.63, 3.8) is 0 Å². The third-order valence-corrected chi connectivity index (χ3v) is 7.12. The molecule has 2 fully saturated rings. The van der Waals surface area contributed by atoms with Gasteiger partial charge >= 0.3 is 5.97 Å². The maximum atomic E-state index is 13.0. The normalized spacial score (nSPS) is 19.3. The molecule has 0 bridgehead atoms. The Morgan fingerprint density at radius 3 is 1.97 bits per heavy atom. The second-order valence-corrected chi connectivity index (χ2v) is 10.7. The lowest BCUT2D eigenvalue weighted by Gasteiger charge is -2.39. The van der Waals surface area contributed by atoms with Crippen LogP contribution in [0.5, 0.6) is 0 Å². The first-order chi connectivity index (χ1) is 15.5. The van der Waals surface area contributed by atoms with E-state index in [2.05, 4.69) is 31.2 Å². The highest BCUT2D eigenvalue weighted by molar-refractivity contribution is 5.77. The van der Waals surface area contributed by atoms with Crippen molar-refractivity contribution in [1.29, 1.82) is 0 Å². The zero-order valence-corrected chi connectivity index (χ0v) is 21.2. The summed E-state index contributed by atoms with van der Waals surface area (Å²) < 4.78 is 0. The summed E-state index contributed by atoms with van der Waals surface area (Å²) in [6.45, 7) is 6.49. The molecule has 2 aliphatic rings. The van der Waals surface area contributed by atoms with E-state index in [1.165, 1.54) is 57.8 Å². The van der Waals surface area contributed by atoms with Gasteiger partial charge in [-0.3, -0.25) is 9.59 Å². The van der Waals surface area contributed by atoms with E-state index >= 15 is 0 Å². The van der Waals surface area contributed by atoms with Crippen molar-refractivity contribution in [2.75, 3.05) is 0 Å². The summed E-state index contributed by atoms with van der Waals surface area (Å²) in [5.41, 5.74) is 0. The highest BCUT2D eigenvalue weighted by Crippen LogP contribution is 2.30. The zero-order chi connectivity index (χ0) is 23.2. The molecule has 0 heterocycles. The molecule has 0 aromatic rings. The minimum atomic E-state index is -0.171. The summed E-state index contributed by atoms with van der Waals surface area (Å²) in [5, 5.41) is 5.24. The van der Waals surface area contributed by atoms with Gasteiger partial charge in [-0.25, -0.2) is 0 Å². The first-order valence-electron chi connectivity index (χ1n) is 13.8. The Bertz CT molecular complexity index is 507. The Morgan fingerprint density at radius 1 is 0.875 bits per heavy atom. The first kappa shape index (κ1) is 27.1. The molecule has 0 saturated heterocycles. The maximum Gasteiger partial charge on any atom is 0.327 e. The number of unbranched alkanes of at least 4 members (excludes halogenated alkanes) is 4. The lowest BCUT2D eigenvalue weighted by atomic mass is 9.90. The third-order valence-electron chi connectivity index (χ3n) is 7.12. The van der Waals surface area contributed by atoms with Crippen molar-refractivity contribution in [3.05, 3.63) is 0 Å². The number of hydrogen-bond donors (Lipinski definition) is 1. The molecule has 1 atom stereocenters. The van der Waals surface area contributed by atoms with Crippen LogP contribution in [0.1, 0.15) is 136 Å². The number of rotatable bonds is 14. The van der Waals surface area contributed by atoms with E-state index in [-0.39, 0.29) is 24.3 Å². The van der Waals surface area contributed by atoms with Crippen LogP contribution in [0.2, 0.25) is 0 Å². The molecule has 0 spiro atoms. The lowest BCUT2D eigenvalue weighted by molar-refractivity contribution is -0.223. The van der Waals surface area contributed by atoms with E-state index in [4.69, 9.17) is 4.84 Å². The standard InChI is InChI=1S/C27H50N2O3/c1-4-5-6-7-14-19-26(30)28-23(20-22(2)3)21-27(31)32-29(24-15-10-8-11-16-24)25-17-12-9-13-18-25/h22-25H,4-21H2,1-3H3,(H,28,30)/t23-/m1/s1. The van der Waals surface area contributed by atoms with Gasteiger partial charge < -0.3 is 10.2 Å². The molecule has 2 rings (SSSR count). The lowest BCUT2D eigenvalue weighted by Crippen LogP contribution is -2.47. The van der Waals surface area contributed by atoms with Gasteiger partial charge in [-0.05, 0) is 44.4 Å². The Balaban J connectivity index is 1.88. The number of carbonyl (C=O) groups excluding carboxylic acids is 2. The van der Waals surface area contributed by atoms with Crippen LogP contribution in [0.15, 0.2) is 0 Å². The molecule has 0 aromatic heterocycles. The summed E-state index contributed by atoms with van der Waals surface area (Å²) in [7, 11) is 0. The van der Waals surface area contributed by atoms with Crippen LogP contribution in [-0.2, 0) is 14.4 Å². The van der Waals surface area contributed by atoms with Crippen molar-refractivity contribution in [2.24, 2.45) is 5.92 Å². The molecule has 0 aliphatic heterocycles. The average Bonchev–Trinajstić information content (AvgIpc) is 2.78. The predicted octanol–water partition coefficient (Wildman–Crippen LogP) is 6.69. The summed E-state index contributed by atoms with van der Waals surface area (Å²) in [6.07, 6.45) is 19.4. The number of nitrogens with zero attached hydrogens (tertiary/aromatic N) is 1. The van der Waals surface area contributed by atoms with Gasteiger partial charge in [-0.15, -0.1) is 5.06 Å². The highest BCUT2D eigenvalue weighted by Gasteiger charge is 2.32. The molecular weight excluding hydrogens is 400 g/mol. The summed E-state index contributed by atoms with van der Waals surface area (Å²) in [5.74, 6) is 0.330. The molecule has 2 aliphatic carbocycles. The molecule has 5 heteroatoms. The fraction of sp³-hybridized carbons (Fsp3) is 0.926. The van der Waals surface area contributed by atoms with Crippen LogP contribution in [0.3, 0.4) is 0 Å². The summed E-state index contributed by atoms with van der Waals surface area (Å²) in [4.78, 5) is 31.6. The second-order valence-electron chi connectivity index (χ2n) is 10.7. The summed E-state index contributed by atoms with van der Waals surface area (Å²) >= 11 is 0. The number of hydrogen-bond acceptors (Lipinski definition) is 4. The van der Waals surface area contributed by atoms with E-state index in [1.807, 2.05) is 0 Å². The van der Waals surface area contributed by atoms with E-state index in [1.54, 1.807) is 0 Å². The summed E-state index contributed by atoms with van der Waals surface area (Å²) in [6, 6.07) is 0.610. The molecule has 186 valence electrons. The first-order valence-corrected chi connectivity index (χ1v) is 13.8. The van der Waals surface area contributed by atoms with Gasteiger partial charge in [0.1, 0.15) is 0 Å². The number of carbonyl (C=O) groups is 2. The topological polar surface area (TPSA) is 58.6 Å². The van der Waals surface area contributed by atoms with Crippen molar-refractivity contribution in [2.45, 2.75) is 154 Å². The maximum absolute atomic E-state index is 13.0. The van der Waals surface area contributed by atoms with Gasteiger partial charge in [-0.1, -0.05) is 85.0 Å². The van der Waals surface area contributed by atoms with E-state index in [9.17, 15) is 9.59 Å². The molecule has 1 N–H and O–H groups in total. The molecule has 1 amide bonds.